The zero-order chi connectivity index (χ0) is 17.5. The molecule has 2 N–H and O–H groups in total. The zero-order valence-electron chi connectivity index (χ0n) is 12.7. The van der Waals surface area contributed by atoms with Crippen LogP contribution in [-0.2, 0) is 9.59 Å². The fourth-order valence-electron chi connectivity index (χ4n) is 1.81. The number of nitro groups is 1. The first kappa shape index (κ1) is 16.8. The molecule has 0 aliphatic rings. The largest absolute Gasteiger partial charge is 0.329 e. The highest BCUT2D eigenvalue weighted by Gasteiger charge is 2.12. The predicted molar refractivity (Wildman–Crippen MR) is 88.6 cm³/mol. The lowest BCUT2D eigenvalue weighted by atomic mass is 10.2. The number of rotatable bonds is 4. The fraction of sp³-hybridized carbons (Fsp3) is 0.0625. The van der Waals surface area contributed by atoms with Crippen LogP contribution in [0.1, 0.15) is 11.1 Å². The van der Waals surface area contributed by atoms with Gasteiger partial charge in [-0.2, -0.15) is 5.10 Å². The number of nitrogens with zero attached hydrogens (tertiary/aromatic N) is 2. The summed E-state index contributed by atoms with van der Waals surface area (Å²) >= 11 is 0. The maximum atomic E-state index is 11.7. The summed E-state index contributed by atoms with van der Waals surface area (Å²) in [5.74, 6) is -1.77. The van der Waals surface area contributed by atoms with Crippen molar-refractivity contribution in [2.24, 2.45) is 5.10 Å². The van der Waals surface area contributed by atoms with Crippen molar-refractivity contribution in [1.82, 2.24) is 5.43 Å². The van der Waals surface area contributed by atoms with Crippen LogP contribution in [-0.4, -0.2) is 23.0 Å². The van der Waals surface area contributed by atoms with Gasteiger partial charge in [-0.15, -0.1) is 0 Å². The van der Waals surface area contributed by atoms with Gasteiger partial charge in [-0.3, -0.25) is 19.7 Å². The number of hydrazone groups is 1. The molecule has 0 heterocycles. The molecule has 2 aromatic carbocycles. The quantitative estimate of drug-likeness (QED) is 0.387. The van der Waals surface area contributed by atoms with Crippen molar-refractivity contribution in [2.45, 2.75) is 6.92 Å². The number of non-ortho nitro benzene ring substituents is 1. The van der Waals surface area contributed by atoms with Gasteiger partial charge in [0, 0.05) is 17.8 Å². The Labute approximate surface area is 137 Å². The summed E-state index contributed by atoms with van der Waals surface area (Å²) in [5.41, 5.74) is 4.04. The molecule has 24 heavy (non-hydrogen) atoms. The van der Waals surface area contributed by atoms with E-state index in [0.717, 1.165) is 5.56 Å². The number of anilines is 1. The third kappa shape index (κ3) is 4.73. The van der Waals surface area contributed by atoms with E-state index in [0.29, 0.717) is 11.3 Å². The number of nitro benzene ring substituents is 1. The maximum Gasteiger partial charge on any atom is 0.329 e. The molecule has 0 saturated carbocycles. The van der Waals surface area contributed by atoms with E-state index in [-0.39, 0.29) is 5.69 Å². The van der Waals surface area contributed by atoms with Crippen molar-refractivity contribution < 1.29 is 14.5 Å². The molecule has 0 aliphatic carbocycles. The molecule has 0 bridgehead atoms. The van der Waals surface area contributed by atoms with Crippen LogP contribution in [0, 0.1) is 17.0 Å². The van der Waals surface area contributed by atoms with Gasteiger partial charge in [-0.1, -0.05) is 12.1 Å². The molecular weight excluding hydrogens is 312 g/mol. The summed E-state index contributed by atoms with van der Waals surface area (Å²) in [7, 11) is 0. The van der Waals surface area contributed by atoms with Gasteiger partial charge >= 0.3 is 11.8 Å². The van der Waals surface area contributed by atoms with E-state index in [4.69, 9.17) is 0 Å². The number of carbonyl (C=O) groups excluding carboxylic acids is 2. The smallest absolute Gasteiger partial charge is 0.318 e. The molecule has 122 valence electrons. The van der Waals surface area contributed by atoms with Crippen molar-refractivity contribution >= 4 is 29.4 Å². The maximum absolute atomic E-state index is 11.7. The molecule has 0 atom stereocenters. The minimum Gasteiger partial charge on any atom is -0.318 e. The first-order chi connectivity index (χ1) is 11.5. The zero-order valence-corrected chi connectivity index (χ0v) is 12.7. The van der Waals surface area contributed by atoms with Crippen LogP contribution in [0.15, 0.2) is 53.6 Å². The highest BCUT2D eigenvalue weighted by atomic mass is 16.6. The molecule has 2 aromatic rings. The molecule has 0 radical (unpaired) electrons. The lowest BCUT2D eigenvalue weighted by molar-refractivity contribution is -0.384. The number of aryl methyl sites for hydroxylation is 1. The molecule has 0 aliphatic heterocycles. The normalized spacial score (nSPS) is 10.4. The molecule has 0 saturated heterocycles. The monoisotopic (exact) mass is 326 g/mol. The summed E-state index contributed by atoms with van der Waals surface area (Å²) < 4.78 is 0. The van der Waals surface area contributed by atoms with Gasteiger partial charge in [0.15, 0.2) is 0 Å². The van der Waals surface area contributed by atoms with Crippen LogP contribution < -0.4 is 10.7 Å². The predicted octanol–water partition coefficient (Wildman–Crippen LogP) is 1.99. The topological polar surface area (TPSA) is 114 Å². The Morgan fingerprint density at radius 3 is 2.46 bits per heavy atom. The van der Waals surface area contributed by atoms with Crippen molar-refractivity contribution in [1.29, 1.82) is 0 Å². The molecule has 0 unspecified atom stereocenters. The molecular formula is C16H14N4O4. The van der Waals surface area contributed by atoms with Crippen molar-refractivity contribution in [3.8, 4) is 0 Å². The Balaban J connectivity index is 1.89. The third-order valence-corrected chi connectivity index (χ3v) is 2.97. The molecule has 8 heteroatoms. The van der Waals surface area contributed by atoms with E-state index in [1.54, 1.807) is 18.2 Å². The second-order valence-corrected chi connectivity index (χ2v) is 4.87. The van der Waals surface area contributed by atoms with Gasteiger partial charge in [0.25, 0.3) is 5.69 Å². The number of amides is 2. The lowest BCUT2D eigenvalue weighted by Gasteiger charge is -2.04. The van der Waals surface area contributed by atoms with Crippen LogP contribution in [0.5, 0.6) is 0 Å². The van der Waals surface area contributed by atoms with E-state index in [2.05, 4.69) is 15.8 Å². The number of hydrogen-bond acceptors (Lipinski definition) is 5. The first-order valence-corrected chi connectivity index (χ1v) is 6.91. The number of nitrogens with one attached hydrogen (secondary N) is 2. The van der Waals surface area contributed by atoms with Gasteiger partial charge < -0.3 is 5.32 Å². The van der Waals surface area contributed by atoms with Gasteiger partial charge in [0.05, 0.1) is 11.1 Å². The van der Waals surface area contributed by atoms with Crippen molar-refractivity contribution in [3.05, 3.63) is 69.8 Å². The number of benzene rings is 2. The standard InChI is InChI=1S/C16H14N4O4/c1-11-3-2-4-13(9-11)18-15(21)16(22)19-17-10-12-5-7-14(8-6-12)20(23)24/h2-10H,1H3,(H,18,21)(H,19,22)/b17-10-. The average Bonchev–Trinajstić information content (AvgIpc) is 2.55. The van der Waals surface area contributed by atoms with Gasteiger partial charge in [-0.05, 0) is 42.3 Å². The summed E-state index contributed by atoms with van der Waals surface area (Å²) in [6.45, 7) is 1.87. The summed E-state index contributed by atoms with van der Waals surface area (Å²) in [4.78, 5) is 33.4. The van der Waals surface area contributed by atoms with Crippen LogP contribution in [0.2, 0.25) is 0 Å². The van der Waals surface area contributed by atoms with Crippen LogP contribution in [0.25, 0.3) is 0 Å². The van der Waals surface area contributed by atoms with Gasteiger partial charge in [-0.25, -0.2) is 5.43 Å². The van der Waals surface area contributed by atoms with Gasteiger partial charge in [0.2, 0.25) is 0 Å². The molecule has 2 rings (SSSR count). The van der Waals surface area contributed by atoms with E-state index < -0.39 is 16.7 Å². The molecule has 8 nitrogen and oxygen atoms in total. The lowest BCUT2D eigenvalue weighted by Crippen LogP contribution is -2.32. The summed E-state index contributed by atoms with van der Waals surface area (Å²) in [5, 5.41) is 16.6. The van der Waals surface area contributed by atoms with E-state index >= 15 is 0 Å². The fourth-order valence-corrected chi connectivity index (χ4v) is 1.81. The Kier molecular flexibility index (Phi) is 5.35. The minimum atomic E-state index is -0.922. The highest BCUT2D eigenvalue weighted by molar-refractivity contribution is 6.39. The van der Waals surface area contributed by atoms with Crippen LogP contribution in [0.3, 0.4) is 0 Å². The van der Waals surface area contributed by atoms with Crippen LogP contribution >= 0.6 is 0 Å². The Morgan fingerprint density at radius 1 is 1.12 bits per heavy atom. The summed E-state index contributed by atoms with van der Waals surface area (Å²) in [6, 6.07) is 12.6. The third-order valence-electron chi connectivity index (χ3n) is 2.97. The minimum absolute atomic E-state index is 0.0475. The molecule has 0 fully saturated rings. The van der Waals surface area contributed by atoms with E-state index in [1.165, 1.54) is 30.5 Å². The van der Waals surface area contributed by atoms with E-state index in [1.807, 2.05) is 13.0 Å². The molecule has 0 aromatic heterocycles. The Hall–Kier alpha value is -3.55. The van der Waals surface area contributed by atoms with Gasteiger partial charge in [0.1, 0.15) is 0 Å². The van der Waals surface area contributed by atoms with E-state index in [9.17, 15) is 19.7 Å². The summed E-state index contributed by atoms with van der Waals surface area (Å²) in [6.07, 6.45) is 1.28. The molecule has 0 spiro atoms. The second-order valence-electron chi connectivity index (χ2n) is 4.87. The van der Waals surface area contributed by atoms with Crippen molar-refractivity contribution in [3.63, 3.8) is 0 Å². The van der Waals surface area contributed by atoms with Crippen molar-refractivity contribution in [2.75, 3.05) is 5.32 Å². The second kappa shape index (κ2) is 7.63. The number of carbonyl (C=O) groups is 2. The average molecular weight is 326 g/mol. The Bertz CT molecular complexity index is 800. The molecule has 2 amide bonds. The Morgan fingerprint density at radius 2 is 1.83 bits per heavy atom. The highest BCUT2D eigenvalue weighted by Crippen LogP contribution is 2.10. The SMILES string of the molecule is Cc1cccc(NC(=O)C(=O)N/N=C\c2ccc([N+](=O)[O-])cc2)c1. The van der Waals surface area contributed by atoms with Crippen LogP contribution in [0.4, 0.5) is 11.4 Å². The number of hydrogen-bond donors (Lipinski definition) is 2. The first-order valence-electron chi connectivity index (χ1n) is 6.91.